The zero-order valence-electron chi connectivity index (χ0n) is 11.1. The molecule has 1 fully saturated rings. The van der Waals surface area contributed by atoms with Gasteiger partial charge < -0.3 is 20.1 Å². The van der Waals surface area contributed by atoms with Gasteiger partial charge in [-0.1, -0.05) is 30.3 Å². The number of rotatable bonds is 4. The van der Waals surface area contributed by atoms with Crippen LogP contribution in [0.15, 0.2) is 30.3 Å². The Morgan fingerprint density at radius 2 is 2.16 bits per heavy atom. The van der Waals surface area contributed by atoms with Gasteiger partial charge in [-0.2, -0.15) is 0 Å². The summed E-state index contributed by atoms with van der Waals surface area (Å²) in [6, 6.07) is 9.75. The predicted molar refractivity (Wildman–Crippen MR) is 71.8 cm³/mol. The molecule has 1 aromatic rings. The van der Waals surface area contributed by atoms with Crippen LogP contribution in [0, 0.1) is 0 Å². The molecule has 0 aliphatic carbocycles. The molecule has 2 rings (SSSR count). The molecule has 5 heteroatoms. The van der Waals surface area contributed by atoms with Crippen molar-refractivity contribution in [3.8, 4) is 0 Å². The molecule has 104 valence electrons. The Bertz CT molecular complexity index is 397. The lowest BCUT2D eigenvalue weighted by Gasteiger charge is -2.30. The number of carbonyl (C=O) groups excluding carboxylic acids is 1. The van der Waals surface area contributed by atoms with E-state index in [1.54, 1.807) is 7.11 Å². The van der Waals surface area contributed by atoms with Gasteiger partial charge in [0, 0.05) is 20.2 Å². The van der Waals surface area contributed by atoms with Gasteiger partial charge in [-0.05, 0) is 18.5 Å². The van der Waals surface area contributed by atoms with Crippen LogP contribution in [0.1, 0.15) is 12.0 Å². The van der Waals surface area contributed by atoms with Gasteiger partial charge in [-0.15, -0.1) is 0 Å². The van der Waals surface area contributed by atoms with Crippen LogP contribution in [0.5, 0.6) is 0 Å². The van der Waals surface area contributed by atoms with Gasteiger partial charge in [-0.3, -0.25) is 0 Å². The third kappa shape index (κ3) is 4.22. The van der Waals surface area contributed by atoms with Crippen LogP contribution in [-0.4, -0.2) is 38.5 Å². The molecule has 2 atom stereocenters. The van der Waals surface area contributed by atoms with Crippen molar-refractivity contribution in [1.29, 1.82) is 0 Å². The van der Waals surface area contributed by atoms with Crippen LogP contribution in [-0.2, 0) is 16.0 Å². The first-order valence-electron chi connectivity index (χ1n) is 6.51. The molecule has 5 nitrogen and oxygen atoms in total. The molecule has 19 heavy (non-hydrogen) atoms. The highest BCUT2D eigenvalue weighted by Crippen LogP contribution is 2.11. The van der Waals surface area contributed by atoms with Crippen molar-refractivity contribution in [3.63, 3.8) is 0 Å². The zero-order chi connectivity index (χ0) is 13.5. The quantitative estimate of drug-likeness (QED) is 0.860. The molecule has 1 saturated heterocycles. The summed E-state index contributed by atoms with van der Waals surface area (Å²) in [6.07, 6.45) is 0.133. The van der Waals surface area contributed by atoms with Gasteiger partial charge in [0.2, 0.25) is 0 Å². The third-order valence-corrected chi connectivity index (χ3v) is 3.21. The molecule has 0 spiro atoms. The van der Waals surface area contributed by atoms with Gasteiger partial charge in [-0.25, -0.2) is 4.79 Å². The molecule has 0 saturated carbocycles. The van der Waals surface area contributed by atoms with E-state index in [0.717, 1.165) is 18.5 Å². The van der Waals surface area contributed by atoms with E-state index in [-0.39, 0.29) is 12.2 Å². The summed E-state index contributed by atoms with van der Waals surface area (Å²) in [5, 5.41) is 5.96. The summed E-state index contributed by atoms with van der Waals surface area (Å²) < 4.78 is 10.7. The van der Waals surface area contributed by atoms with Gasteiger partial charge >= 0.3 is 6.09 Å². The molecule has 2 unspecified atom stereocenters. The maximum Gasteiger partial charge on any atom is 0.407 e. The van der Waals surface area contributed by atoms with Crippen molar-refractivity contribution in [2.75, 3.05) is 20.2 Å². The molecule has 0 radical (unpaired) electrons. The number of hydrogen-bond donors (Lipinski definition) is 2. The first-order valence-corrected chi connectivity index (χ1v) is 6.51. The Labute approximate surface area is 113 Å². The van der Waals surface area contributed by atoms with E-state index in [9.17, 15) is 4.79 Å². The van der Waals surface area contributed by atoms with Crippen molar-refractivity contribution < 1.29 is 14.3 Å². The lowest BCUT2D eigenvalue weighted by atomic mass is 10.1. The average molecular weight is 264 g/mol. The highest BCUT2D eigenvalue weighted by atomic mass is 16.6. The second-order valence-electron chi connectivity index (χ2n) is 4.55. The zero-order valence-corrected chi connectivity index (χ0v) is 11.1. The summed E-state index contributed by atoms with van der Waals surface area (Å²) in [5.41, 5.74) is 1.05. The average Bonchev–Trinajstić information content (AvgIpc) is 2.47. The fourth-order valence-electron chi connectivity index (χ4n) is 2.13. The highest BCUT2D eigenvalue weighted by Gasteiger charge is 2.27. The lowest BCUT2D eigenvalue weighted by molar-refractivity contribution is -0.0364. The van der Waals surface area contributed by atoms with Crippen LogP contribution < -0.4 is 10.6 Å². The number of alkyl carbamates (subject to hydrolysis) is 1. The van der Waals surface area contributed by atoms with Crippen molar-refractivity contribution in [1.82, 2.24) is 10.6 Å². The largest absolute Gasteiger partial charge is 0.443 e. The predicted octanol–water partition coefficient (Wildman–Crippen LogP) is 1.29. The fourth-order valence-corrected chi connectivity index (χ4v) is 2.13. The summed E-state index contributed by atoms with van der Waals surface area (Å²) >= 11 is 0. The summed E-state index contributed by atoms with van der Waals surface area (Å²) in [7, 11) is 1.63. The summed E-state index contributed by atoms with van der Waals surface area (Å²) in [6.45, 7) is 2.03. The highest BCUT2D eigenvalue weighted by molar-refractivity contribution is 5.67. The van der Waals surface area contributed by atoms with E-state index in [2.05, 4.69) is 10.6 Å². The van der Waals surface area contributed by atoms with Crippen molar-refractivity contribution in [2.24, 2.45) is 0 Å². The number of carbonyl (C=O) groups is 1. The topological polar surface area (TPSA) is 59.6 Å². The number of nitrogens with one attached hydrogen (secondary N) is 2. The molecular weight excluding hydrogens is 244 g/mol. The standard InChI is InChI=1S/C14H20N2O3/c1-18-13-10-15-8-7-12(13)19-14(17)16-9-11-5-3-2-4-6-11/h2-6,12-13,15H,7-10H2,1H3,(H,16,17). The number of methoxy groups -OCH3 is 1. The lowest BCUT2D eigenvalue weighted by Crippen LogP contribution is -2.48. The maximum absolute atomic E-state index is 11.7. The van der Waals surface area contributed by atoms with Crippen molar-refractivity contribution >= 4 is 6.09 Å². The van der Waals surface area contributed by atoms with Gasteiger partial charge in [0.15, 0.2) is 0 Å². The second kappa shape index (κ2) is 7.11. The molecular formula is C14H20N2O3. The Morgan fingerprint density at radius 1 is 1.37 bits per heavy atom. The molecule has 1 aliphatic heterocycles. The van der Waals surface area contributed by atoms with Crippen LogP contribution in [0.2, 0.25) is 0 Å². The van der Waals surface area contributed by atoms with E-state index in [1.807, 2.05) is 30.3 Å². The van der Waals surface area contributed by atoms with E-state index >= 15 is 0 Å². The Kier molecular flexibility index (Phi) is 5.18. The Hall–Kier alpha value is -1.59. The third-order valence-electron chi connectivity index (χ3n) is 3.21. The van der Waals surface area contributed by atoms with Gasteiger partial charge in [0.25, 0.3) is 0 Å². The van der Waals surface area contributed by atoms with Gasteiger partial charge in [0.1, 0.15) is 12.2 Å². The van der Waals surface area contributed by atoms with E-state index in [4.69, 9.17) is 9.47 Å². The minimum atomic E-state index is -0.391. The summed E-state index contributed by atoms with van der Waals surface area (Å²) in [5.74, 6) is 0. The summed E-state index contributed by atoms with van der Waals surface area (Å²) in [4.78, 5) is 11.7. The van der Waals surface area contributed by atoms with E-state index in [1.165, 1.54) is 0 Å². The number of piperidine rings is 1. The first-order chi connectivity index (χ1) is 9.29. The van der Waals surface area contributed by atoms with Gasteiger partial charge in [0.05, 0.1) is 0 Å². The van der Waals surface area contributed by atoms with Crippen LogP contribution in [0.25, 0.3) is 0 Å². The number of ether oxygens (including phenoxy) is 2. The minimum Gasteiger partial charge on any atom is -0.443 e. The second-order valence-corrected chi connectivity index (χ2v) is 4.55. The smallest absolute Gasteiger partial charge is 0.407 e. The van der Waals surface area contributed by atoms with Crippen LogP contribution in [0.3, 0.4) is 0 Å². The normalized spacial score (nSPS) is 22.8. The minimum absolute atomic E-state index is 0.0729. The maximum atomic E-state index is 11.7. The first kappa shape index (κ1) is 13.8. The number of benzene rings is 1. The van der Waals surface area contributed by atoms with Crippen LogP contribution in [0.4, 0.5) is 4.79 Å². The number of hydrogen-bond acceptors (Lipinski definition) is 4. The molecule has 1 amide bonds. The van der Waals surface area contributed by atoms with Crippen molar-refractivity contribution in [2.45, 2.75) is 25.2 Å². The Balaban J connectivity index is 1.77. The van der Waals surface area contributed by atoms with E-state index < -0.39 is 6.09 Å². The monoisotopic (exact) mass is 264 g/mol. The molecule has 1 heterocycles. The molecule has 1 aromatic carbocycles. The molecule has 2 N–H and O–H groups in total. The van der Waals surface area contributed by atoms with Crippen LogP contribution >= 0.6 is 0 Å². The fraction of sp³-hybridized carbons (Fsp3) is 0.500. The molecule has 1 aliphatic rings. The molecule has 0 aromatic heterocycles. The SMILES string of the molecule is COC1CNCCC1OC(=O)NCc1ccccc1. The molecule has 0 bridgehead atoms. The number of amides is 1. The van der Waals surface area contributed by atoms with Crippen molar-refractivity contribution in [3.05, 3.63) is 35.9 Å². The Morgan fingerprint density at radius 3 is 2.89 bits per heavy atom. The van der Waals surface area contributed by atoms with E-state index in [0.29, 0.717) is 13.1 Å².